The first-order valence-corrected chi connectivity index (χ1v) is 12.4. The third kappa shape index (κ3) is 4.73. The molecule has 2 N–H and O–H groups in total. The Hall–Kier alpha value is -3.84. The normalized spacial score (nSPS) is 19.4. The van der Waals surface area contributed by atoms with E-state index < -0.39 is 46.8 Å². The highest BCUT2D eigenvalue weighted by atomic mass is 35.5. The fourth-order valence-corrected chi connectivity index (χ4v) is 5.11. The van der Waals surface area contributed by atoms with E-state index in [-0.39, 0.29) is 46.6 Å². The van der Waals surface area contributed by atoms with Crippen molar-refractivity contribution in [3.8, 4) is 5.75 Å². The fourth-order valence-electron chi connectivity index (χ4n) is 4.64. The fraction of sp³-hybridized carbons (Fsp3) is 0.280. The van der Waals surface area contributed by atoms with Gasteiger partial charge in [-0.1, -0.05) is 35.3 Å². The van der Waals surface area contributed by atoms with Crippen molar-refractivity contribution in [2.75, 3.05) is 4.90 Å². The number of aliphatic carboxylic acids is 1. The standard InChI is InChI=1S/C25H18Cl2F4N4O5/c1-23(10-12-2-4-14(5-3-12)40-25(29,30)31)20(37)34(13-8-15(26)18(28)16(27)9-13)22-32-11-17(35(22)23)19(36)33-24(6-7-24)21(38)39/h2-5,8-9,11H,6-7,10H2,1H3,(H,33,36)(H,38,39)/t23-/m1/s1. The van der Waals surface area contributed by atoms with E-state index in [1.165, 1.54) is 23.6 Å². The molecular formula is C25H18Cl2F4N4O5. The molecule has 2 amide bonds. The Morgan fingerprint density at radius 2 is 1.75 bits per heavy atom. The summed E-state index contributed by atoms with van der Waals surface area (Å²) in [5, 5.41) is 11.2. The van der Waals surface area contributed by atoms with Gasteiger partial charge in [0, 0.05) is 6.42 Å². The van der Waals surface area contributed by atoms with Crippen LogP contribution < -0.4 is 15.0 Å². The van der Waals surface area contributed by atoms with E-state index in [9.17, 15) is 37.1 Å². The molecule has 210 valence electrons. The van der Waals surface area contributed by atoms with Crippen molar-refractivity contribution in [2.45, 2.75) is 43.6 Å². The van der Waals surface area contributed by atoms with Gasteiger partial charge in [0.05, 0.1) is 21.9 Å². The van der Waals surface area contributed by atoms with E-state index in [0.717, 1.165) is 35.4 Å². The molecule has 0 radical (unpaired) electrons. The lowest BCUT2D eigenvalue weighted by Crippen LogP contribution is -2.46. The van der Waals surface area contributed by atoms with Gasteiger partial charge >= 0.3 is 12.3 Å². The van der Waals surface area contributed by atoms with E-state index >= 15 is 0 Å². The molecule has 0 spiro atoms. The van der Waals surface area contributed by atoms with Crippen molar-refractivity contribution in [1.29, 1.82) is 0 Å². The summed E-state index contributed by atoms with van der Waals surface area (Å²) in [6.07, 6.45) is -3.43. The minimum atomic E-state index is -4.89. The van der Waals surface area contributed by atoms with Crippen molar-refractivity contribution in [1.82, 2.24) is 14.9 Å². The molecule has 1 atom stereocenters. The first-order valence-electron chi connectivity index (χ1n) is 11.6. The molecule has 1 aromatic heterocycles. The predicted molar refractivity (Wildman–Crippen MR) is 133 cm³/mol. The molecule has 2 heterocycles. The van der Waals surface area contributed by atoms with Crippen LogP contribution in [0.2, 0.25) is 10.0 Å². The van der Waals surface area contributed by atoms with Gasteiger partial charge in [0.1, 0.15) is 22.5 Å². The van der Waals surface area contributed by atoms with Gasteiger partial charge in [0.2, 0.25) is 5.95 Å². The SMILES string of the molecule is C[C@@]1(Cc2ccc(OC(F)(F)F)cc2)C(=O)N(c2cc(Cl)c(F)c(Cl)c2)c2ncc(C(=O)NC3(C(=O)O)CC3)n21. The number of hydrogen-bond donors (Lipinski definition) is 2. The maximum atomic E-state index is 14.1. The maximum Gasteiger partial charge on any atom is 0.573 e. The van der Waals surface area contributed by atoms with E-state index in [2.05, 4.69) is 15.0 Å². The summed E-state index contributed by atoms with van der Waals surface area (Å²) in [5.74, 6) is -4.09. The zero-order valence-corrected chi connectivity index (χ0v) is 21.9. The number of nitrogens with one attached hydrogen (secondary N) is 1. The number of amides is 2. The molecule has 1 aliphatic heterocycles. The molecule has 2 aromatic carbocycles. The molecular weight excluding hydrogens is 583 g/mol. The second-order valence-electron chi connectivity index (χ2n) is 9.63. The van der Waals surface area contributed by atoms with Gasteiger partial charge in [-0.05, 0) is 49.6 Å². The van der Waals surface area contributed by atoms with Crippen LogP contribution in [-0.2, 0) is 21.5 Å². The predicted octanol–water partition coefficient (Wildman–Crippen LogP) is 5.21. The molecule has 3 aromatic rings. The average Bonchev–Trinajstić information content (AvgIpc) is 3.46. The number of ether oxygens (including phenoxy) is 1. The Morgan fingerprint density at radius 1 is 1.15 bits per heavy atom. The van der Waals surface area contributed by atoms with E-state index in [1.54, 1.807) is 0 Å². The molecule has 0 bridgehead atoms. The lowest BCUT2D eigenvalue weighted by molar-refractivity contribution is -0.274. The summed E-state index contributed by atoms with van der Waals surface area (Å²) in [6, 6.07) is 7.11. The van der Waals surface area contributed by atoms with Crippen molar-refractivity contribution in [3.05, 3.63) is 69.7 Å². The van der Waals surface area contributed by atoms with Crippen molar-refractivity contribution < 1.29 is 41.8 Å². The second-order valence-corrected chi connectivity index (χ2v) is 10.4. The monoisotopic (exact) mass is 600 g/mol. The summed E-state index contributed by atoms with van der Waals surface area (Å²) in [7, 11) is 0. The van der Waals surface area contributed by atoms with Crippen LogP contribution in [0, 0.1) is 5.82 Å². The highest BCUT2D eigenvalue weighted by molar-refractivity contribution is 6.35. The van der Waals surface area contributed by atoms with Gasteiger partial charge in [-0.15, -0.1) is 13.2 Å². The molecule has 15 heteroatoms. The average molecular weight is 601 g/mol. The number of aromatic nitrogens is 2. The zero-order valence-electron chi connectivity index (χ0n) is 20.4. The number of rotatable bonds is 7. The van der Waals surface area contributed by atoms with Gasteiger partial charge in [0.25, 0.3) is 11.8 Å². The second kappa shape index (κ2) is 9.37. The summed E-state index contributed by atoms with van der Waals surface area (Å²) in [6.45, 7) is 1.48. The first kappa shape index (κ1) is 27.7. The number of hydrogen-bond acceptors (Lipinski definition) is 5. The van der Waals surface area contributed by atoms with Gasteiger partial charge in [-0.3, -0.25) is 14.2 Å². The molecule has 5 rings (SSSR count). The molecule has 0 unspecified atom stereocenters. The largest absolute Gasteiger partial charge is 0.573 e. The van der Waals surface area contributed by atoms with Crippen molar-refractivity contribution in [3.63, 3.8) is 0 Å². The van der Waals surface area contributed by atoms with Gasteiger partial charge in [0.15, 0.2) is 5.82 Å². The van der Waals surface area contributed by atoms with Crippen LogP contribution in [0.25, 0.3) is 0 Å². The Balaban J connectivity index is 1.58. The number of anilines is 2. The van der Waals surface area contributed by atoms with Gasteiger partial charge in [-0.25, -0.2) is 19.1 Å². The Morgan fingerprint density at radius 3 is 2.27 bits per heavy atom. The van der Waals surface area contributed by atoms with Gasteiger partial charge < -0.3 is 15.2 Å². The molecule has 2 aliphatic rings. The lowest BCUT2D eigenvalue weighted by Gasteiger charge is -2.27. The number of halogens is 6. The third-order valence-corrected chi connectivity index (χ3v) is 7.33. The summed E-state index contributed by atoms with van der Waals surface area (Å²) in [4.78, 5) is 44.2. The molecule has 1 fully saturated rings. The lowest BCUT2D eigenvalue weighted by atomic mass is 9.91. The molecule has 0 saturated heterocycles. The van der Waals surface area contributed by atoms with Crippen LogP contribution >= 0.6 is 23.2 Å². The Labute approximate surface area is 233 Å². The van der Waals surface area contributed by atoms with E-state index in [4.69, 9.17) is 23.2 Å². The number of alkyl halides is 3. The smallest absolute Gasteiger partial charge is 0.480 e. The van der Waals surface area contributed by atoms with Crippen LogP contribution in [0.15, 0.2) is 42.6 Å². The number of imidazole rings is 1. The van der Waals surface area contributed by atoms with Crippen LogP contribution in [0.1, 0.15) is 35.8 Å². The summed E-state index contributed by atoms with van der Waals surface area (Å²) in [5.41, 5.74) is -2.73. The molecule has 1 saturated carbocycles. The minimum Gasteiger partial charge on any atom is -0.480 e. The highest BCUT2D eigenvalue weighted by Crippen LogP contribution is 2.44. The number of carbonyl (C=O) groups excluding carboxylic acids is 2. The Kier molecular flexibility index (Phi) is 6.49. The van der Waals surface area contributed by atoms with E-state index in [0.29, 0.717) is 5.56 Å². The van der Waals surface area contributed by atoms with E-state index in [1.807, 2.05) is 0 Å². The maximum absolute atomic E-state index is 14.1. The highest BCUT2D eigenvalue weighted by Gasteiger charge is 2.54. The topological polar surface area (TPSA) is 114 Å². The first-order chi connectivity index (χ1) is 18.6. The molecule has 9 nitrogen and oxygen atoms in total. The van der Waals surface area contributed by atoms with Crippen LogP contribution in [0.5, 0.6) is 5.75 Å². The number of benzene rings is 2. The number of fused-ring (bicyclic) bond motifs is 1. The number of carboxylic acids is 1. The summed E-state index contributed by atoms with van der Waals surface area (Å²) >= 11 is 11.9. The number of carbonyl (C=O) groups is 3. The third-order valence-electron chi connectivity index (χ3n) is 6.78. The van der Waals surface area contributed by atoms with Crippen LogP contribution in [0.4, 0.5) is 29.2 Å². The van der Waals surface area contributed by atoms with Crippen LogP contribution in [0.3, 0.4) is 0 Å². The zero-order chi connectivity index (χ0) is 29.2. The number of nitrogens with zero attached hydrogens (tertiary/aromatic N) is 3. The minimum absolute atomic E-state index is 0.0436. The van der Waals surface area contributed by atoms with Gasteiger partial charge in [-0.2, -0.15) is 0 Å². The van der Waals surface area contributed by atoms with Crippen LogP contribution in [-0.4, -0.2) is 44.3 Å². The van der Waals surface area contributed by atoms with Crippen molar-refractivity contribution >= 4 is 52.6 Å². The summed E-state index contributed by atoms with van der Waals surface area (Å²) < 4.78 is 57.1. The Bertz CT molecular complexity index is 1530. The molecule has 1 aliphatic carbocycles. The molecule has 40 heavy (non-hydrogen) atoms. The quantitative estimate of drug-likeness (QED) is 0.284. The number of carboxylic acid groups (broad SMARTS) is 1. The van der Waals surface area contributed by atoms with Crippen molar-refractivity contribution in [2.24, 2.45) is 0 Å².